The number of carbonyl (C=O) groups is 2. The molecule has 6 nitrogen and oxygen atoms in total. The van der Waals surface area contributed by atoms with E-state index in [1.54, 1.807) is 43.5 Å². The normalized spacial score (nSPS) is 12.3. The summed E-state index contributed by atoms with van der Waals surface area (Å²) in [6.07, 6.45) is 1.61. The maximum atomic E-state index is 13.7. The Kier molecular flexibility index (Phi) is 11.2. The molecule has 4 aromatic rings. The van der Waals surface area contributed by atoms with E-state index in [1.165, 1.54) is 23.9 Å². The first-order valence-electron chi connectivity index (χ1n) is 12.4. The molecule has 1 amide bonds. The fraction of sp³-hybridized carbons (Fsp3) is 0.226. The van der Waals surface area contributed by atoms with Crippen molar-refractivity contribution in [3.8, 4) is 22.5 Å². The van der Waals surface area contributed by atoms with Crippen molar-refractivity contribution in [2.24, 2.45) is 0 Å². The van der Waals surface area contributed by atoms with Crippen molar-refractivity contribution in [3.05, 3.63) is 107 Å². The van der Waals surface area contributed by atoms with Crippen LogP contribution in [-0.4, -0.2) is 42.1 Å². The van der Waals surface area contributed by atoms with Crippen molar-refractivity contribution in [3.63, 3.8) is 0 Å². The van der Waals surface area contributed by atoms with E-state index in [-0.39, 0.29) is 24.7 Å². The fourth-order valence-electron chi connectivity index (χ4n) is 4.46. The van der Waals surface area contributed by atoms with E-state index in [4.69, 9.17) is 9.15 Å². The standard InChI is InChI=1S/C31H30FNO5S.Li/c1-19-7-4-5-10-23(19)25-18-21(11-12-24(25)30(34)33-26(31(35)36)15-16-39-3)29(37-2)28-14-13-27(38-28)20-8-6-9-22(32)17-20;/h4-14,17-18,26,29H,15-16H2,1-3H3,(H,33,34)(H,35,36);/q;+1. The molecule has 2 atom stereocenters. The number of aryl methyl sites for hydroxylation is 1. The molecular formula is C31H30FLiNO5S+. The number of thioether (sulfide) groups is 1. The molecule has 0 saturated heterocycles. The minimum atomic E-state index is -1.07. The molecule has 2 N–H and O–H groups in total. The van der Waals surface area contributed by atoms with Crippen LogP contribution < -0.4 is 24.2 Å². The average Bonchev–Trinajstić information content (AvgIpc) is 3.41. The molecule has 0 aliphatic heterocycles. The number of furan rings is 1. The van der Waals surface area contributed by atoms with E-state index in [2.05, 4.69) is 5.32 Å². The Hall–Kier alpha value is -3.28. The number of rotatable bonds is 11. The van der Waals surface area contributed by atoms with Crippen LogP contribution in [0.2, 0.25) is 0 Å². The number of carboxylic acids is 1. The third-order valence-electron chi connectivity index (χ3n) is 6.47. The first kappa shape index (κ1) is 31.2. The van der Waals surface area contributed by atoms with Gasteiger partial charge in [-0.2, -0.15) is 11.8 Å². The van der Waals surface area contributed by atoms with Gasteiger partial charge in [-0.05, 0) is 84.0 Å². The number of halogens is 1. The van der Waals surface area contributed by atoms with Crippen molar-refractivity contribution >= 4 is 23.6 Å². The van der Waals surface area contributed by atoms with Crippen molar-refractivity contribution in [1.29, 1.82) is 0 Å². The van der Waals surface area contributed by atoms with E-state index >= 15 is 0 Å². The molecule has 1 heterocycles. The maximum Gasteiger partial charge on any atom is 1.00 e. The van der Waals surface area contributed by atoms with Gasteiger partial charge >= 0.3 is 24.8 Å². The van der Waals surface area contributed by atoms with E-state index in [0.717, 1.165) is 16.7 Å². The quantitative estimate of drug-likeness (QED) is 0.275. The van der Waals surface area contributed by atoms with Crippen molar-refractivity contribution in [1.82, 2.24) is 5.32 Å². The number of benzene rings is 3. The van der Waals surface area contributed by atoms with E-state index in [9.17, 15) is 19.1 Å². The Bertz CT molecular complexity index is 1470. The van der Waals surface area contributed by atoms with Gasteiger partial charge in [0.2, 0.25) is 0 Å². The van der Waals surface area contributed by atoms with Crippen LogP contribution in [0.25, 0.3) is 22.5 Å². The zero-order valence-electron chi connectivity index (χ0n) is 22.9. The summed E-state index contributed by atoms with van der Waals surface area (Å²) in [6.45, 7) is 1.95. The number of aliphatic carboxylic acids is 1. The summed E-state index contributed by atoms with van der Waals surface area (Å²) in [7, 11) is 1.56. The molecular weight excluding hydrogens is 524 g/mol. The van der Waals surface area contributed by atoms with Crippen molar-refractivity contribution < 1.29 is 47.1 Å². The zero-order chi connectivity index (χ0) is 27.9. The van der Waals surface area contributed by atoms with E-state index in [0.29, 0.717) is 40.4 Å². The van der Waals surface area contributed by atoms with E-state index < -0.39 is 24.0 Å². The molecule has 0 bridgehead atoms. The van der Waals surface area contributed by atoms with Gasteiger partial charge in [-0.1, -0.05) is 42.5 Å². The predicted molar refractivity (Wildman–Crippen MR) is 151 cm³/mol. The number of nitrogens with one attached hydrogen (secondary N) is 1. The van der Waals surface area contributed by atoms with Gasteiger partial charge < -0.3 is 19.6 Å². The van der Waals surface area contributed by atoms with Crippen LogP contribution in [0.1, 0.15) is 39.8 Å². The van der Waals surface area contributed by atoms with Crippen LogP contribution in [0.5, 0.6) is 0 Å². The second-order valence-corrected chi connectivity index (χ2v) is 10.1. The SMILES string of the molecule is COC(c1ccc(C(=O)NC(CCSC)C(=O)O)c(-c2ccccc2C)c1)c1ccc(-c2cccc(F)c2)o1.[Li+]. The Labute approximate surface area is 249 Å². The Morgan fingerprint density at radius 2 is 1.80 bits per heavy atom. The summed E-state index contributed by atoms with van der Waals surface area (Å²) < 4.78 is 25.6. The summed E-state index contributed by atoms with van der Waals surface area (Å²) in [5.41, 5.74) is 4.16. The summed E-state index contributed by atoms with van der Waals surface area (Å²) in [6, 6.07) is 21.7. The van der Waals surface area contributed by atoms with Gasteiger partial charge in [0.15, 0.2) is 0 Å². The van der Waals surface area contributed by atoms with Crippen LogP contribution >= 0.6 is 11.8 Å². The number of ether oxygens (including phenoxy) is 1. The van der Waals surface area contributed by atoms with Crippen LogP contribution in [0, 0.1) is 12.7 Å². The monoisotopic (exact) mass is 554 g/mol. The topological polar surface area (TPSA) is 88.8 Å². The van der Waals surface area contributed by atoms with Gasteiger partial charge in [-0.15, -0.1) is 0 Å². The molecule has 9 heteroatoms. The third-order valence-corrected chi connectivity index (χ3v) is 7.11. The molecule has 0 radical (unpaired) electrons. The first-order valence-corrected chi connectivity index (χ1v) is 13.8. The molecule has 0 fully saturated rings. The summed E-state index contributed by atoms with van der Waals surface area (Å²) in [5, 5.41) is 12.3. The fourth-order valence-corrected chi connectivity index (χ4v) is 4.93. The largest absolute Gasteiger partial charge is 1.00 e. The number of hydrogen-bond acceptors (Lipinski definition) is 5. The van der Waals surface area contributed by atoms with Gasteiger partial charge in [0.25, 0.3) is 5.91 Å². The molecule has 40 heavy (non-hydrogen) atoms. The molecule has 2 unspecified atom stereocenters. The molecule has 1 aromatic heterocycles. The van der Waals surface area contributed by atoms with Crippen LogP contribution in [0.3, 0.4) is 0 Å². The molecule has 3 aromatic carbocycles. The number of methoxy groups -OCH3 is 1. The second-order valence-electron chi connectivity index (χ2n) is 9.09. The maximum absolute atomic E-state index is 13.7. The molecule has 0 aliphatic carbocycles. The molecule has 202 valence electrons. The minimum Gasteiger partial charge on any atom is -0.480 e. The predicted octanol–water partition coefficient (Wildman–Crippen LogP) is 3.74. The summed E-state index contributed by atoms with van der Waals surface area (Å²) in [5.74, 6) is -0.258. The van der Waals surface area contributed by atoms with Crippen molar-refractivity contribution in [2.45, 2.75) is 25.5 Å². The Balaban J connectivity index is 0.00000441. The van der Waals surface area contributed by atoms with Gasteiger partial charge in [-0.25, -0.2) is 9.18 Å². The second kappa shape index (κ2) is 14.4. The molecule has 4 rings (SSSR count). The molecule has 0 spiro atoms. The molecule has 0 aliphatic rings. The Morgan fingerprint density at radius 1 is 1.02 bits per heavy atom. The van der Waals surface area contributed by atoms with Gasteiger partial charge in [0.1, 0.15) is 29.5 Å². The minimum absolute atomic E-state index is 0. The number of amides is 1. The van der Waals surface area contributed by atoms with Crippen LogP contribution in [0.4, 0.5) is 4.39 Å². The van der Waals surface area contributed by atoms with Gasteiger partial charge in [-0.3, -0.25) is 4.79 Å². The Morgan fingerprint density at radius 3 is 2.48 bits per heavy atom. The first-order chi connectivity index (χ1) is 18.8. The molecule has 0 saturated carbocycles. The third kappa shape index (κ3) is 7.26. The number of carbonyl (C=O) groups excluding carboxylic acids is 1. The van der Waals surface area contributed by atoms with Crippen molar-refractivity contribution in [2.75, 3.05) is 19.1 Å². The van der Waals surface area contributed by atoms with Gasteiger partial charge in [0.05, 0.1) is 0 Å². The summed E-state index contributed by atoms with van der Waals surface area (Å²) in [4.78, 5) is 25.1. The van der Waals surface area contributed by atoms with E-state index in [1.807, 2.05) is 43.5 Å². The van der Waals surface area contributed by atoms with Crippen LogP contribution in [0.15, 0.2) is 83.3 Å². The zero-order valence-corrected chi connectivity index (χ0v) is 23.8. The van der Waals surface area contributed by atoms with Crippen LogP contribution in [-0.2, 0) is 9.53 Å². The number of carboxylic acid groups (broad SMARTS) is 1. The average molecular weight is 555 g/mol. The smallest absolute Gasteiger partial charge is 0.480 e. The summed E-state index contributed by atoms with van der Waals surface area (Å²) >= 11 is 1.52. The number of hydrogen-bond donors (Lipinski definition) is 2. The van der Waals surface area contributed by atoms with Gasteiger partial charge in [0, 0.05) is 18.2 Å².